The molecule has 3 saturated heterocycles. The Balaban J connectivity index is 1.15. The molecular weight excluding hydrogens is 983 g/mol. The minimum absolute atomic E-state index is 0.0474. The van der Waals surface area contributed by atoms with Crippen molar-refractivity contribution in [3.63, 3.8) is 0 Å². The molecule has 3 aliphatic rings. The SMILES string of the molecule is CC(=O)N[C@@H]1[C@@H](O[C@@H]2O[C@H](COCc3ccccc3)[C@H](O)[C@H](OS(=O)(=O)O)[C@H]2O)[C@H](O[C@@H]2OC[C@@H](OCc3ccccc3)[C@@H](OCc3ccccc3)[C@@H]2OCc2ccccc2)[C@@H](COCc2ccccc2)O[C@H]1O. The summed E-state index contributed by atoms with van der Waals surface area (Å²) in [5.74, 6) is -0.630. The molecule has 20 heteroatoms. The monoisotopic (exact) mass is 1050 g/mol. The van der Waals surface area contributed by atoms with E-state index in [9.17, 15) is 33.1 Å². The first kappa shape index (κ1) is 55.2. The molecule has 0 saturated carbocycles. The predicted molar refractivity (Wildman–Crippen MR) is 262 cm³/mol. The van der Waals surface area contributed by atoms with Crippen LogP contribution in [0.1, 0.15) is 34.7 Å². The van der Waals surface area contributed by atoms with Crippen LogP contribution in [0, 0.1) is 0 Å². The zero-order valence-electron chi connectivity index (χ0n) is 40.6. The summed E-state index contributed by atoms with van der Waals surface area (Å²) in [5.41, 5.74) is 4.18. The Bertz CT molecular complexity index is 2540. The number of amides is 1. The van der Waals surface area contributed by atoms with Crippen LogP contribution in [0.25, 0.3) is 0 Å². The van der Waals surface area contributed by atoms with Crippen molar-refractivity contribution in [2.24, 2.45) is 0 Å². The summed E-state index contributed by atoms with van der Waals surface area (Å²) in [6.07, 6.45) is -19.5. The van der Waals surface area contributed by atoms with E-state index in [-0.39, 0.29) is 52.9 Å². The zero-order valence-corrected chi connectivity index (χ0v) is 41.4. The molecule has 3 fully saturated rings. The fourth-order valence-electron chi connectivity index (χ4n) is 8.91. The highest BCUT2D eigenvalue weighted by atomic mass is 32.3. The molecule has 74 heavy (non-hydrogen) atoms. The Hall–Kier alpha value is -5.08. The molecule has 5 N–H and O–H groups in total. The molecule has 0 bridgehead atoms. The third kappa shape index (κ3) is 15.7. The van der Waals surface area contributed by atoms with Crippen LogP contribution < -0.4 is 5.32 Å². The lowest BCUT2D eigenvalue weighted by atomic mass is 9.94. The second kappa shape index (κ2) is 27.1. The average molecular weight is 1050 g/mol. The fraction of sp³-hybridized carbons (Fsp3) is 0.426. The van der Waals surface area contributed by atoms with Gasteiger partial charge in [0.25, 0.3) is 0 Å². The number of aliphatic hydroxyl groups is 3. The minimum atomic E-state index is -5.31. The van der Waals surface area contributed by atoms with Gasteiger partial charge in [0.05, 0.1) is 52.9 Å². The van der Waals surface area contributed by atoms with Gasteiger partial charge in [-0.2, -0.15) is 8.42 Å². The summed E-state index contributed by atoms with van der Waals surface area (Å²) >= 11 is 0. The van der Waals surface area contributed by atoms with E-state index in [2.05, 4.69) is 5.32 Å². The predicted octanol–water partition coefficient (Wildman–Crippen LogP) is 4.16. The summed E-state index contributed by atoms with van der Waals surface area (Å²) in [5, 5.41) is 37.6. The van der Waals surface area contributed by atoms with Crippen LogP contribution >= 0.6 is 0 Å². The number of hydrogen-bond acceptors (Lipinski definition) is 17. The smallest absolute Gasteiger partial charge is 0.387 e. The van der Waals surface area contributed by atoms with Crippen LogP contribution in [0.2, 0.25) is 0 Å². The molecule has 8 rings (SSSR count). The lowest BCUT2D eigenvalue weighted by molar-refractivity contribution is -0.370. The van der Waals surface area contributed by atoms with Gasteiger partial charge in [-0.1, -0.05) is 152 Å². The van der Waals surface area contributed by atoms with E-state index in [1.807, 2.05) is 127 Å². The van der Waals surface area contributed by atoms with Crippen molar-refractivity contribution in [1.82, 2.24) is 5.32 Å². The second-order valence-electron chi connectivity index (χ2n) is 18.1. The van der Waals surface area contributed by atoms with E-state index in [1.165, 1.54) is 6.92 Å². The van der Waals surface area contributed by atoms with Crippen molar-refractivity contribution in [3.05, 3.63) is 179 Å². The molecule has 0 spiro atoms. The molecule has 0 aromatic heterocycles. The number of ether oxygens (including phenoxy) is 10. The van der Waals surface area contributed by atoms with Crippen molar-refractivity contribution >= 4 is 16.3 Å². The van der Waals surface area contributed by atoms with Gasteiger partial charge in [-0.3, -0.25) is 9.35 Å². The molecule has 19 nitrogen and oxygen atoms in total. The third-order valence-electron chi connectivity index (χ3n) is 12.5. The highest BCUT2D eigenvalue weighted by Gasteiger charge is 2.55. The average Bonchev–Trinajstić information content (AvgIpc) is 3.40. The van der Waals surface area contributed by atoms with Crippen LogP contribution in [0.3, 0.4) is 0 Å². The lowest BCUT2D eigenvalue weighted by Gasteiger charge is -2.50. The third-order valence-corrected chi connectivity index (χ3v) is 13.0. The van der Waals surface area contributed by atoms with Gasteiger partial charge in [0.1, 0.15) is 67.1 Å². The molecule has 0 unspecified atom stereocenters. The summed E-state index contributed by atoms with van der Waals surface area (Å²) in [4.78, 5) is 13.0. The lowest BCUT2D eigenvalue weighted by Crippen LogP contribution is -2.69. The Kier molecular flexibility index (Phi) is 20.2. The Morgan fingerprint density at radius 3 is 1.47 bits per heavy atom. The number of carbonyl (C=O) groups is 1. The van der Waals surface area contributed by atoms with Crippen LogP contribution in [-0.2, 0) is 99.8 Å². The van der Waals surface area contributed by atoms with E-state index in [4.69, 9.17) is 51.6 Å². The number of rotatable bonds is 24. The van der Waals surface area contributed by atoms with Crippen molar-refractivity contribution in [1.29, 1.82) is 0 Å². The molecule has 5 aromatic carbocycles. The first-order valence-electron chi connectivity index (χ1n) is 24.3. The van der Waals surface area contributed by atoms with Gasteiger partial charge < -0.3 is 68.0 Å². The summed E-state index contributed by atoms with van der Waals surface area (Å²) in [6, 6.07) is 45.4. The Morgan fingerprint density at radius 1 is 0.541 bits per heavy atom. The number of hydrogen-bond donors (Lipinski definition) is 5. The molecular formula is C54H63NO18S. The molecule has 5 aromatic rings. The van der Waals surface area contributed by atoms with E-state index in [1.54, 1.807) is 24.3 Å². The largest absolute Gasteiger partial charge is 0.397 e. The van der Waals surface area contributed by atoms with Gasteiger partial charge >= 0.3 is 10.4 Å². The molecule has 3 heterocycles. The van der Waals surface area contributed by atoms with Crippen LogP contribution in [-0.4, -0.2) is 140 Å². The molecule has 0 aliphatic carbocycles. The first-order chi connectivity index (χ1) is 35.9. The molecule has 3 aliphatic heterocycles. The Labute approximate surface area is 430 Å². The topological polar surface area (TPSA) is 246 Å². The first-order valence-corrected chi connectivity index (χ1v) is 25.7. The van der Waals surface area contributed by atoms with Crippen molar-refractivity contribution < 1.29 is 84.6 Å². The standard InChI is InChI=1S/C54H63NO18S/c1-35(56)55-44-49(72-53-46(58)50(73-74(60,61)62)45(57)41(70-53)32-63-27-36-17-7-2-8-18-36)48(43(69-52(44)59)33-64-28-37-19-9-3-10-20-37)71-54-51(67-31-40-25-15-6-16-26-40)47(66-30-39-23-13-5-14-24-39)42(34-68-54)65-29-38-21-11-4-12-22-38/h2-26,41-54,57-59H,27-34H2,1H3,(H,55,56)(H,60,61,62)/t41-,42-,43-,44-,45+,46-,47-,48-,49-,50+,51+,52-,53+,54+/m1/s1. The van der Waals surface area contributed by atoms with Crippen molar-refractivity contribution in [2.45, 2.75) is 126 Å². The molecule has 0 radical (unpaired) electrons. The Morgan fingerprint density at radius 2 is 0.986 bits per heavy atom. The van der Waals surface area contributed by atoms with E-state index in [0.29, 0.717) is 0 Å². The molecule has 398 valence electrons. The van der Waals surface area contributed by atoms with Gasteiger partial charge in [0, 0.05) is 6.92 Å². The van der Waals surface area contributed by atoms with Crippen molar-refractivity contribution in [2.75, 3.05) is 19.8 Å². The van der Waals surface area contributed by atoms with Crippen LogP contribution in [0.4, 0.5) is 0 Å². The quantitative estimate of drug-likeness (QED) is 0.0545. The molecule has 14 atom stereocenters. The second-order valence-corrected chi connectivity index (χ2v) is 19.1. The number of carbonyl (C=O) groups excluding carboxylic acids is 1. The normalized spacial score (nSPS) is 29.4. The number of aliphatic hydroxyl groups excluding tert-OH is 3. The highest BCUT2D eigenvalue weighted by molar-refractivity contribution is 7.80. The maximum Gasteiger partial charge on any atom is 0.397 e. The van der Waals surface area contributed by atoms with Crippen molar-refractivity contribution in [3.8, 4) is 0 Å². The fourth-order valence-corrected chi connectivity index (χ4v) is 9.42. The maximum atomic E-state index is 13.0. The van der Waals surface area contributed by atoms with Crippen LogP contribution in [0.15, 0.2) is 152 Å². The van der Waals surface area contributed by atoms with Crippen LogP contribution in [0.5, 0.6) is 0 Å². The van der Waals surface area contributed by atoms with E-state index in [0.717, 1.165) is 27.8 Å². The highest BCUT2D eigenvalue weighted by Crippen LogP contribution is 2.35. The number of benzene rings is 5. The molecule has 1 amide bonds. The van der Waals surface area contributed by atoms with E-state index >= 15 is 0 Å². The van der Waals surface area contributed by atoms with Gasteiger partial charge in [0.15, 0.2) is 18.9 Å². The minimum Gasteiger partial charge on any atom is -0.387 e. The summed E-state index contributed by atoms with van der Waals surface area (Å²) in [7, 11) is -5.31. The van der Waals surface area contributed by atoms with Gasteiger partial charge in [0.2, 0.25) is 5.91 Å². The van der Waals surface area contributed by atoms with Gasteiger partial charge in [-0.25, -0.2) is 4.18 Å². The maximum absolute atomic E-state index is 13.0. The number of nitrogens with one attached hydrogen (secondary N) is 1. The summed E-state index contributed by atoms with van der Waals surface area (Å²) < 4.78 is 104. The van der Waals surface area contributed by atoms with Gasteiger partial charge in [-0.15, -0.1) is 0 Å². The summed E-state index contributed by atoms with van der Waals surface area (Å²) in [6.45, 7) is 1.06. The van der Waals surface area contributed by atoms with E-state index < -0.39 is 102 Å². The van der Waals surface area contributed by atoms with Gasteiger partial charge in [-0.05, 0) is 27.8 Å². The zero-order chi connectivity index (χ0) is 51.9.